The van der Waals surface area contributed by atoms with E-state index in [2.05, 4.69) is 16.1 Å². The van der Waals surface area contributed by atoms with Gasteiger partial charge < -0.3 is 9.64 Å². The number of aromatic nitrogens is 3. The normalized spacial score (nSPS) is 14.0. The minimum atomic E-state index is -0.0946. The van der Waals surface area contributed by atoms with Crippen molar-refractivity contribution in [3.8, 4) is 5.75 Å². The summed E-state index contributed by atoms with van der Waals surface area (Å²) >= 11 is 0. The van der Waals surface area contributed by atoms with Gasteiger partial charge in [-0.1, -0.05) is 18.2 Å². The number of rotatable bonds is 4. The average molecular weight is 324 g/mol. The van der Waals surface area contributed by atoms with Crippen LogP contribution in [-0.4, -0.2) is 34.4 Å². The third kappa shape index (κ3) is 2.44. The van der Waals surface area contributed by atoms with E-state index in [0.29, 0.717) is 12.2 Å². The Kier molecular flexibility index (Phi) is 3.72. The van der Waals surface area contributed by atoms with Gasteiger partial charge in [0.25, 0.3) is 0 Å². The van der Waals surface area contributed by atoms with Gasteiger partial charge in [-0.15, -0.1) is 5.10 Å². The Morgan fingerprint density at radius 3 is 2.92 bits per heavy atom. The van der Waals surface area contributed by atoms with E-state index >= 15 is 0 Å². The third-order valence-corrected chi connectivity index (χ3v) is 4.56. The topological polar surface area (TPSA) is 51.8 Å². The second-order valence-electron chi connectivity index (χ2n) is 5.99. The Labute approximate surface area is 139 Å². The van der Waals surface area contributed by atoms with Crippen molar-refractivity contribution < 1.29 is 4.74 Å². The maximum absolute atomic E-state index is 12.4. The number of fused-ring (bicyclic) bond motifs is 2. The van der Waals surface area contributed by atoms with Crippen LogP contribution in [0.5, 0.6) is 5.75 Å². The van der Waals surface area contributed by atoms with Gasteiger partial charge in [-0.25, -0.2) is 9.48 Å². The van der Waals surface area contributed by atoms with E-state index in [1.165, 1.54) is 5.56 Å². The summed E-state index contributed by atoms with van der Waals surface area (Å²) in [7, 11) is 1.70. The van der Waals surface area contributed by atoms with E-state index in [1.807, 2.05) is 30.3 Å². The van der Waals surface area contributed by atoms with Crippen LogP contribution in [-0.2, 0) is 13.0 Å². The van der Waals surface area contributed by atoms with Crippen molar-refractivity contribution in [2.75, 3.05) is 25.1 Å². The second kappa shape index (κ2) is 6.03. The first-order valence-electron chi connectivity index (χ1n) is 8.23. The molecule has 6 nitrogen and oxygen atoms in total. The first-order chi connectivity index (χ1) is 11.8. The van der Waals surface area contributed by atoms with Gasteiger partial charge in [-0.05, 0) is 36.6 Å². The molecule has 24 heavy (non-hydrogen) atoms. The smallest absolute Gasteiger partial charge is 0.350 e. The molecule has 0 atom stereocenters. The van der Waals surface area contributed by atoms with Crippen molar-refractivity contribution in [2.45, 2.75) is 19.4 Å². The molecule has 0 saturated carbocycles. The number of anilines is 1. The highest BCUT2D eigenvalue weighted by Crippen LogP contribution is 2.35. The maximum Gasteiger partial charge on any atom is 0.350 e. The molecule has 1 aliphatic rings. The third-order valence-electron chi connectivity index (χ3n) is 4.56. The number of methoxy groups -OCH3 is 1. The first kappa shape index (κ1) is 14.8. The van der Waals surface area contributed by atoms with E-state index in [0.717, 1.165) is 37.4 Å². The Bertz CT molecular complexity index is 914. The Morgan fingerprint density at radius 2 is 2.08 bits per heavy atom. The molecule has 0 radical (unpaired) electrons. The summed E-state index contributed by atoms with van der Waals surface area (Å²) in [5.41, 5.74) is 3.05. The SMILES string of the molecule is COc1cccc2c1N(CCn1nc3ccccn3c1=O)CCC2. The molecule has 2 aromatic heterocycles. The molecule has 3 heterocycles. The van der Waals surface area contributed by atoms with Gasteiger partial charge in [-0.3, -0.25) is 4.40 Å². The highest BCUT2D eigenvalue weighted by atomic mass is 16.5. The number of hydrogen-bond acceptors (Lipinski definition) is 4. The van der Waals surface area contributed by atoms with Crippen LogP contribution in [0.4, 0.5) is 5.69 Å². The molecule has 0 bridgehead atoms. The second-order valence-corrected chi connectivity index (χ2v) is 5.99. The van der Waals surface area contributed by atoms with Crippen LogP contribution in [0, 0.1) is 0 Å². The monoisotopic (exact) mass is 324 g/mol. The molecule has 0 N–H and O–H groups in total. The van der Waals surface area contributed by atoms with E-state index in [4.69, 9.17) is 4.74 Å². The fourth-order valence-electron chi connectivity index (χ4n) is 3.42. The number of benzene rings is 1. The molecule has 3 aromatic rings. The lowest BCUT2D eigenvalue weighted by molar-refractivity contribution is 0.411. The van der Waals surface area contributed by atoms with E-state index in [9.17, 15) is 4.79 Å². The Balaban J connectivity index is 1.61. The molecule has 0 fully saturated rings. The van der Waals surface area contributed by atoms with E-state index in [-0.39, 0.29) is 5.69 Å². The predicted molar refractivity (Wildman–Crippen MR) is 93.0 cm³/mol. The number of para-hydroxylation sites is 1. The largest absolute Gasteiger partial charge is 0.495 e. The minimum absolute atomic E-state index is 0.0946. The zero-order chi connectivity index (χ0) is 16.5. The van der Waals surface area contributed by atoms with Gasteiger partial charge in [0, 0.05) is 19.3 Å². The van der Waals surface area contributed by atoms with Crippen LogP contribution in [0.3, 0.4) is 0 Å². The maximum atomic E-state index is 12.4. The fraction of sp³-hybridized carbons (Fsp3) is 0.333. The fourth-order valence-corrected chi connectivity index (χ4v) is 3.42. The lowest BCUT2D eigenvalue weighted by Crippen LogP contribution is -2.35. The molecule has 0 amide bonds. The molecule has 0 spiro atoms. The molecule has 0 aliphatic carbocycles. The van der Waals surface area contributed by atoms with Crippen LogP contribution >= 0.6 is 0 Å². The molecule has 1 aromatic carbocycles. The number of ether oxygens (including phenoxy) is 1. The summed E-state index contributed by atoms with van der Waals surface area (Å²) in [4.78, 5) is 14.7. The van der Waals surface area contributed by atoms with Gasteiger partial charge >= 0.3 is 5.69 Å². The van der Waals surface area contributed by atoms with Crippen molar-refractivity contribution in [3.63, 3.8) is 0 Å². The van der Waals surface area contributed by atoms with Crippen LogP contribution in [0.2, 0.25) is 0 Å². The van der Waals surface area contributed by atoms with Gasteiger partial charge in [0.2, 0.25) is 0 Å². The lowest BCUT2D eigenvalue weighted by Gasteiger charge is -2.32. The van der Waals surface area contributed by atoms with E-state index < -0.39 is 0 Å². The van der Waals surface area contributed by atoms with E-state index in [1.54, 1.807) is 22.4 Å². The summed E-state index contributed by atoms with van der Waals surface area (Å²) in [6.45, 7) is 2.25. The highest BCUT2D eigenvalue weighted by molar-refractivity contribution is 5.65. The van der Waals surface area contributed by atoms with Gasteiger partial charge in [-0.2, -0.15) is 0 Å². The average Bonchev–Trinajstić information content (AvgIpc) is 2.95. The summed E-state index contributed by atoms with van der Waals surface area (Å²) in [5, 5.41) is 4.40. The van der Waals surface area contributed by atoms with Gasteiger partial charge in [0.05, 0.1) is 19.3 Å². The zero-order valence-electron chi connectivity index (χ0n) is 13.7. The summed E-state index contributed by atoms with van der Waals surface area (Å²) in [6, 6.07) is 11.8. The van der Waals surface area contributed by atoms with Gasteiger partial charge in [0.1, 0.15) is 5.75 Å². The van der Waals surface area contributed by atoms with Crippen molar-refractivity contribution in [1.29, 1.82) is 0 Å². The minimum Gasteiger partial charge on any atom is -0.495 e. The Morgan fingerprint density at radius 1 is 1.17 bits per heavy atom. The number of hydrogen-bond donors (Lipinski definition) is 0. The number of nitrogens with zero attached hydrogens (tertiary/aromatic N) is 4. The van der Waals surface area contributed by atoms with Crippen LogP contribution in [0.1, 0.15) is 12.0 Å². The lowest BCUT2D eigenvalue weighted by atomic mass is 10.0. The molecular weight excluding hydrogens is 304 g/mol. The van der Waals surface area contributed by atoms with Gasteiger partial charge in [0.15, 0.2) is 5.65 Å². The summed E-state index contributed by atoms with van der Waals surface area (Å²) in [5.74, 6) is 0.898. The molecule has 4 rings (SSSR count). The van der Waals surface area contributed by atoms with Crippen molar-refractivity contribution in [3.05, 3.63) is 58.6 Å². The molecule has 1 aliphatic heterocycles. The summed E-state index contributed by atoms with van der Waals surface area (Å²) < 4.78 is 8.65. The standard InChI is InChI=1S/C18H20N4O2/c1-24-15-8-4-6-14-7-5-10-20(17(14)15)12-13-22-18(23)21-11-3-2-9-16(21)19-22/h2-4,6,8-9,11H,5,7,10,12-13H2,1H3. The predicted octanol–water partition coefficient (Wildman–Crippen LogP) is 1.96. The van der Waals surface area contributed by atoms with Crippen molar-refractivity contribution in [1.82, 2.24) is 14.2 Å². The molecule has 0 saturated heterocycles. The molecular formula is C18H20N4O2. The first-order valence-corrected chi connectivity index (χ1v) is 8.23. The summed E-state index contributed by atoms with van der Waals surface area (Å²) in [6.07, 6.45) is 3.93. The van der Waals surface area contributed by atoms with Crippen molar-refractivity contribution in [2.24, 2.45) is 0 Å². The molecule has 124 valence electrons. The van der Waals surface area contributed by atoms with Crippen LogP contribution in [0.15, 0.2) is 47.4 Å². The Hall–Kier alpha value is -2.76. The quantitative estimate of drug-likeness (QED) is 0.736. The number of pyridine rings is 1. The van der Waals surface area contributed by atoms with Crippen LogP contribution in [0.25, 0.3) is 5.65 Å². The molecule has 0 unspecified atom stereocenters. The molecule has 6 heteroatoms. The number of aryl methyl sites for hydroxylation is 1. The zero-order valence-corrected chi connectivity index (χ0v) is 13.7. The van der Waals surface area contributed by atoms with Crippen LogP contribution < -0.4 is 15.3 Å². The highest BCUT2D eigenvalue weighted by Gasteiger charge is 2.21. The van der Waals surface area contributed by atoms with Crippen molar-refractivity contribution >= 4 is 11.3 Å².